The fourth-order valence-electron chi connectivity index (χ4n) is 2.85. The summed E-state index contributed by atoms with van der Waals surface area (Å²) in [6.45, 7) is 6.66. The Balaban J connectivity index is 2.51. The number of nitrogens with zero attached hydrogens (tertiary/aromatic N) is 1. The average molecular weight is 262 g/mol. The molecule has 0 aromatic heterocycles. The predicted octanol–water partition coefficient (Wildman–Crippen LogP) is 2.09. The van der Waals surface area contributed by atoms with E-state index in [2.05, 4.69) is 13.8 Å². The molecule has 4 heteroatoms. The van der Waals surface area contributed by atoms with Gasteiger partial charge in [0.15, 0.2) is 0 Å². The lowest BCUT2D eigenvalue weighted by Gasteiger charge is -2.36. The Hall–Kier alpha value is -1.55. The molecule has 0 spiro atoms. The molecule has 1 aromatic rings. The zero-order valence-electron chi connectivity index (χ0n) is 12.1. The first-order valence-corrected chi connectivity index (χ1v) is 6.59. The van der Waals surface area contributed by atoms with Gasteiger partial charge in [0.1, 0.15) is 5.75 Å². The number of amides is 1. The molecule has 0 aliphatic carbocycles. The maximum Gasteiger partial charge on any atom is 0.228 e. The Morgan fingerprint density at radius 3 is 2.68 bits per heavy atom. The third kappa shape index (κ3) is 2.21. The summed E-state index contributed by atoms with van der Waals surface area (Å²) < 4.78 is 5.40. The van der Waals surface area contributed by atoms with Crippen LogP contribution in [0.1, 0.15) is 25.8 Å². The second kappa shape index (κ2) is 4.85. The number of methoxy groups -OCH3 is 1. The monoisotopic (exact) mass is 262 g/mol. The van der Waals surface area contributed by atoms with Crippen molar-refractivity contribution >= 4 is 11.6 Å². The van der Waals surface area contributed by atoms with Crippen molar-refractivity contribution in [1.29, 1.82) is 0 Å². The first-order valence-electron chi connectivity index (χ1n) is 6.59. The van der Waals surface area contributed by atoms with Gasteiger partial charge < -0.3 is 15.4 Å². The summed E-state index contributed by atoms with van der Waals surface area (Å²) in [6.07, 6.45) is 0.501. The first kappa shape index (κ1) is 13.9. The molecule has 0 saturated carbocycles. The lowest BCUT2D eigenvalue weighted by Crippen LogP contribution is -2.46. The largest absolute Gasteiger partial charge is 0.495 e. The van der Waals surface area contributed by atoms with E-state index in [1.165, 1.54) is 0 Å². The highest BCUT2D eigenvalue weighted by Gasteiger charge is 2.46. The van der Waals surface area contributed by atoms with E-state index < -0.39 is 0 Å². The predicted molar refractivity (Wildman–Crippen MR) is 76.5 cm³/mol. The van der Waals surface area contributed by atoms with Crippen LogP contribution < -0.4 is 15.4 Å². The van der Waals surface area contributed by atoms with Gasteiger partial charge in [-0.15, -0.1) is 0 Å². The van der Waals surface area contributed by atoms with E-state index in [1.807, 2.05) is 30.0 Å². The minimum Gasteiger partial charge on any atom is -0.495 e. The Labute approximate surface area is 114 Å². The molecular formula is C15H22N2O2. The summed E-state index contributed by atoms with van der Waals surface area (Å²) in [5.74, 6) is 1.01. The number of aryl methyl sites for hydroxylation is 1. The van der Waals surface area contributed by atoms with Crippen LogP contribution in [0.15, 0.2) is 18.2 Å². The van der Waals surface area contributed by atoms with Crippen LogP contribution in [0.25, 0.3) is 0 Å². The molecule has 1 unspecified atom stereocenters. The van der Waals surface area contributed by atoms with Crippen molar-refractivity contribution < 1.29 is 9.53 Å². The van der Waals surface area contributed by atoms with Gasteiger partial charge >= 0.3 is 0 Å². The highest BCUT2D eigenvalue weighted by atomic mass is 16.5. The molecule has 2 rings (SSSR count). The Morgan fingerprint density at radius 2 is 2.16 bits per heavy atom. The maximum absolute atomic E-state index is 12.4. The molecule has 1 heterocycles. The van der Waals surface area contributed by atoms with Gasteiger partial charge in [0, 0.05) is 17.9 Å². The zero-order valence-corrected chi connectivity index (χ0v) is 12.1. The third-order valence-electron chi connectivity index (χ3n) is 4.11. The molecule has 2 N–H and O–H groups in total. The number of benzene rings is 1. The molecule has 19 heavy (non-hydrogen) atoms. The van der Waals surface area contributed by atoms with Gasteiger partial charge in [0.05, 0.1) is 12.8 Å². The number of carbonyl (C=O) groups excluding carboxylic acids is 1. The molecule has 1 atom stereocenters. The quantitative estimate of drug-likeness (QED) is 0.907. The molecule has 0 radical (unpaired) electrons. The molecule has 1 amide bonds. The van der Waals surface area contributed by atoms with Crippen molar-refractivity contribution in [2.75, 3.05) is 18.6 Å². The minimum atomic E-state index is -0.285. The second-order valence-electron chi connectivity index (χ2n) is 5.69. The summed E-state index contributed by atoms with van der Waals surface area (Å²) in [5.41, 5.74) is 7.47. The molecule has 1 saturated heterocycles. The van der Waals surface area contributed by atoms with Gasteiger partial charge in [-0.3, -0.25) is 4.79 Å². The van der Waals surface area contributed by atoms with Crippen LogP contribution in [-0.4, -0.2) is 25.1 Å². The lowest BCUT2D eigenvalue weighted by atomic mass is 9.88. The summed E-state index contributed by atoms with van der Waals surface area (Å²) in [5, 5.41) is 0. The molecule has 1 aromatic carbocycles. The normalized spacial score (nSPS) is 21.8. The van der Waals surface area contributed by atoms with Gasteiger partial charge in [-0.05, 0) is 45.0 Å². The van der Waals surface area contributed by atoms with Crippen molar-refractivity contribution in [3.05, 3.63) is 23.8 Å². The van der Waals surface area contributed by atoms with E-state index in [9.17, 15) is 4.79 Å². The SMILES string of the molecule is COc1ccc(C)cc1N1C(=O)CC(CN)C1(C)C. The number of anilines is 1. The molecule has 104 valence electrons. The Kier molecular flexibility index (Phi) is 3.54. The number of ether oxygens (including phenoxy) is 1. The standard InChI is InChI=1S/C15H22N2O2/c1-10-5-6-13(19-4)12(7-10)17-14(18)8-11(9-16)15(17,2)3/h5-7,11H,8-9,16H2,1-4H3. The van der Waals surface area contributed by atoms with E-state index in [0.717, 1.165) is 17.0 Å². The van der Waals surface area contributed by atoms with Gasteiger partial charge in [0.25, 0.3) is 0 Å². The van der Waals surface area contributed by atoms with E-state index >= 15 is 0 Å². The van der Waals surface area contributed by atoms with E-state index in [0.29, 0.717) is 13.0 Å². The number of hydrogen-bond donors (Lipinski definition) is 1. The van der Waals surface area contributed by atoms with Gasteiger partial charge in [0.2, 0.25) is 5.91 Å². The van der Waals surface area contributed by atoms with Crippen LogP contribution in [0, 0.1) is 12.8 Å². The minimum absolute atomic E-state index is 0.115. The number of rotatable bonds is 3. The smallest absolute Gasteiger partial charge is 0.228 e. The third-order valence-corrected chi connectivity index (χ3v) is 4.11. The van der Waals surface area contributed by atoms with Crippen molar-refractivity contribution in [3.8, 4) is 5.75 Å². The zero-order chi connectivity index (χ0) is 14.2. The molecule has 1 fully saturated rings. The molecule has 0 bridgehead atoms. The topological polar surface area (TPSA) is 55.6 Å². The number of carbonyl (C=O) groups is 1. The number of nitrogens with two attached hydrogens (primary N) is 1. The van der Waals surface area contributed by atoms with Gasteiger partial charge in [-0.2, -0.15) is 0 Å². The molecule has 1 aliphatic rings. The van der Waals surface area contributed by atoms with Gasteiger partial charge in [-0.1, -0.05) is 6.07 Å². The van der Waals surface area contributed by atoms with E-state index in [-0.39, 0.29) is 17.4 Å². The maximum atomic E-state index is 12.4. The van der Waals surface area contributed by atoms with Crippen LogP contribution in [0.4, 0.5) is 5.69 Å². The van der Waals surface area contributed by atoms with Crippen molar-refractivity contribution in [2.45, 2.75) is 32.7 Å². The summed E-state index contributed by atoms with van der Waals surface area (Å²) >= 11 is 0. The van der Waals surface area contributed by atoms with Crippen LogP contribution in [0.5, 0.6) is 5.75 Å². The Morgan fingerprint density at radius 1 is 1.47 bits per heavy atom. The highest BCUT2D eigenvalue weighted by molar-refractivity contribution is 5.99. The van der Waals surface area contributed by atoms with E-state index in [4.69, 9.17) is 10.5 Å². The fourth-order valence-corrected chi connectivity index (χ4v) is 2.85. The lowest BCUT2D eigenvalue weighted by molar-refractivity contribution is -0.117. The van der Waals surface area contributed by atoms with Crippen LogP contribution >= 0.6 is 0 Å². The highest BCUT2D eigenvalue weighted by Crippen LogP contribution is 2.42. The van der Waals surface area contributed by atoms with Crippen LogP contribution in [-0.2, 0) is 4.79 Å². The van der Waals surface area contributed by atoms with Crippen LogP contribution in [0.2, 0.25) is 0 Å². The van der Waals surface area contributed by atoms with Gasteiger partial charge in [-0.25, -0.2) is 0 Å². The summed E-state index contributed by atoms with van der Waals surface area (Å²) in [4.78, 5) is 14.2. The summed E-state index contributed by atoms with van der Waals surface area (Å²) in [6, 6.07) is 5.89. The number of hydrogen-bond acceptors (Lipinski definition) is 3. The van der Waals surface area contributed by atoms with Crippen molar-refractivity contribution in [2.24, 2.45) is 11.7 Å². The molecular weight excluding hydrogens is 240 g/mol. The fraction of sp³-hybridized carbons (Fsp3) is 0.533. The molecule has 1 aliphatic heterocycles. The van der Waals surface area contributed by atoms with E-state index in [1.54, 1.807) is 7.11 Å². The van der Waals surface area contributed by atoms with Crippen LogP contribution in [0.3, 0.4) is 0 Å². The average Bonchev–Trinajstić information content (AvgIpc) is 2.58. The van der Waals surface area contributed by atoms with Crippen molar-refractivity contribution in [1.82, 2.24) is 0 Å². The molecule has 4 nitrogen and oxygen atoms in total. The summed E-state index contributed by atoms with van der Waals surface area (Å²) in [7, 11) is 1.63. The first-order chi connectivity index (χ1) is 8.91. The van der Waals surface area contributed by atoms with Crippen molar-refractivity contribution in [3.63, 3.8) is 0 Å². The second-order valence-corrected chi connectivity index (χ2v) is 5.69. The Bertz CT molecular complexity index is 497.